The standard InChI is InChI=1S/C3H3BrN2S/c4-3-6-2(5)1-7-3/h1H,5H2. The maximum atomic E-state index is 5.25. The van der Waals surface area contributed by atoms with E-state index in [0.717, 1.165) is 3.92 Å². The lowest BCUT2D eigenvalue weighted by Crippen LogP contribution is -1.80. The van der Waals surface area contributed by atoms with Crippen LogP contribution in [0.15, 0.2) is 9.30 Å². The summed E-state index contributed by atoms with van der Waals surface area (Å²) in [5.41, 5.74) is 5.25. The average molecular weight is 179 g/mol. The summed E-state index contributed by atoms with van der Waals surface area (Å²) in [6, 6.07) is 0. The number of rotatable bonds is 0. The monoisotopic (exact) mass is 178 g/mol. The lowest BCUT2D eigenvalue weighted by Gasteiger charge is -1.70. The van der Waals surface area contributed by atoms with Crippen LogP contribution >= 0.6 is 27.3 Å². The van der Waals surface area contributed by atoms with Gasteiger partial charge in [-0.25, -0.2) is 4.98 Å². The quantitative estimate of drug-likeness (QED) is 0.655. The van der Waals surface area contributed by atoms with Crippen molar-refractivity contribution in [3.63, 3.8) is 0 Å². The molecule has 1 rings (SSSR count). The van der Waals surface area contributed by atoms with Crippen molar-refractivity contribution < 1.29 is 0 Å². The van der Waals surface area contributed by atoms with E-state index >= 15 is 0 Å². The number of hydrogen-bond acceptors (Lipinski definition) is 3. The molecule has 0 unspecified atom stereocenters. The summed E-state index contributed by atoms with van der Waals surface area (Å²) in [5.74, 6) is 0.580. The molecular weight excluding hydrogens is 176 g/mol. The van der Waals surface area contributed by atoms with Gasteiger partial charge in [-0.2, -0.15) is 0 Å². The Bertz CT molecular complexity index is 145. The summed E-state index contributed by atoms with van der Waals surface area (Å²) < 4.78 is 0.838. The fraction of sp³-hybridized carbons (Fsp3) is 0. The summed E-state index contributed by atoms with van der Waals surface area (Å²) in [4.78, 5) is 3.82. The zero-order chi connectivity index (χ0) is 5.28. The van der Waals surface area contributed by atoms with Gasteiger partial charge in [0.25, 0.3) is 0 Å². The first-order valence-corrected chi connectivity index (χ1v) is 3.33. The Morgan fingerprint density at radius 3 is 2.71 bits per heavy atom. The zero-order valence-electron chi connectivity index (χ0n) is 3.39. The summed E-state index contributed by atoms with van der Waals surface area (Å²) in [5, 5.41) is 1.78. The van der Waals surface area contributed by atoms with Crippen molar-refractivity contribution in [3.8, 4) is 0 Å². The molecule has 0 aromatic carbocycles. The Morgan fingerprint density at radius 1 is 1.86 bits per heavy atom. The van der Waals surface area contributed by atoms with Crippen LogP contribution in [0.4, 0.5) is 5.82 Å². The number of nitrogen functional groups attached to an aromatic ring is 1. The Morgan fingerprint density at radius 2 is 2.57 bits per heavy atom. The molecule has 1 aromatic rings. The van der Waals surface area contributed by atoms with Crippen LogP contribution in [-0.4, -0.2) is 4.98 Å². The second-order valence-corrected chi connectivity index (χ2v) is 3.16. The van der Waals surface area contributed by atoms with Crippen LogP contribution in [0.2, 0.25) is 0 Å². The van der Waals surface area contributed by atoms with Gasteiger partial charge in [0.05, 0.1) is 0 Å². The summed E-state index contributed by atoms with van der Waals surface area (Å²) in [6.45, 7) is 0. The molecule has 0 fully saturated rings. The number of aromatic nitrogens is 1. The first-order chi connectivity index (χ1) is 3.29. The van der Waals surface area contributed by atoms with Crippen molar-refractivity contribution >= 4 is 33.1 Å². The Balaban J connectivity index is 3.04. The lowest BCUT2D eigenvalue weighted by molar-refractivity contribution is 1.39. The first-order valence-electron chi connectivity index (χ1n) is 1.65. The maximum Gasteiger partial charge on any atom is 0.161 e. The van der Waals surface area contributed by atoms with Crippen LogP contribution < -0.4 is 5.73 Å². The number of hydrogen-bond donors (Lipinski definition) is 1. The fourth-order valence-corrected chi connectivity index (χ4v) is 1.18. The molecule has 0 saturated carbocycles. The predicted molar refractivity (Wildman–Crippen MR) is 34.2 cm³/mol. The van der Waals surface area contributed by atoms with Gasteiger partial charge in [0.1, 0.15) is 5.82 Å². The SMILES string of the molecule is Nc1csc(Br)n1. The highest BCUT2D eigenvalue weighted by atomic mass is 79.9. The third kappa shape index (κ3) is 1.14. The first kappa shape index (κ1) is 5.05. The molecule has 0 saturated heterocycles. The molecular formula is C3H3BrN2S. The van der Waals surface area contributed by atoms with Crippen molar-refractivity contribution in [1.29, 1.82) is 0 Å². The van der Waals surface area contributed by atoms with Crippen molar-refractivity contribution in [2.45, 2.75) is 0 Å². The molecule has 0 aliphatic carbocycles. The number of thiazole rings is 1. The Labute approximate surface area is 53.5 Å². The normalized spacial score (nSPS) is 9.29. The highest BCUT2D eigenvalue weighted by Crippen LogP contribution is 2.16. The Hall–Kier alpha value is -0.0900. The molecule has 0 bridgehead atoms. The van der Waals surface area contributed by atoms with E-state index in [1.807, 2.05) is 0 Å². The van der Waals surface area contributed by atoms with E-state index in [2.05, 4.69) is 20.9 Å². The van der Waals surface area contributed by atoms with Gasteiger partial charge in [-0.3, -0.25) is 0 Å². The second kappa shape index (κ2) is 1.79. The highest BCUT2D eigenvalue weighted by Gasteiger charge is 1.88. The smallest absolute Gasteiger partial charge is 0.161 e. The fourth-order valence-electron chi connectivity index (χ4n) is 0.263. The van der Waals surface area contributed by atoms with Gasteiger partial charge in [-0.15, -0.1) is 11.3 Å². The van der Waals surface area contributed by atoms with Crippen LogP contribution in [0, 0.1) is 0 Å². The second-order valence-electron chi connectivity index (χ2n) is 1.03. The van der Waals surface area contributed by atoms with Crippen molar-refractivity contribution in [1.82, 2.24) is 4.98 Å². The van der Waals surface area contributed by atoms with Crippen molar-refractivity contribution in [2.24, 2.45) is 0 Å². The number of halogens is 1. The summed E-state index contributed by atoms with van der Waals surface area (Å²) >= 11 is 4.64. The summed E-state index contributed by atoms with van der Waals surface area (Å²) in [6.07, 6.45) is 0. The van der Waals surface area contributed by atoms with Gasteiger partial charge in [0.15, 0.2) is 3.92 Å². The molecule has 38 valence electrons. The average Bonchev–Trinajstić information content (AvgIpc) is 1.87. The minimum atomic E-state index is 0.580. The third-order valence-corrected chi connectivity index (χ3v) is 1.88. The molecule has 0 atom stereocenters. The van der Waals surface area contributed by atoms with Crippen LogP contribution in [0.5, 0.6) is 0 Å². The van der Waals surface area contributed by atoms with E-state index in [0.29, 0.717) is 5.82 Å². The van der Waals surface area contributed by atoms with E-state index in [-0.39, 0.29) is 0 Å². The molecule has 2 N–H and O–H groups in total. The number of nitrogens with zero attached hydrogens (tertiary/aromatic N) is 1. The molecule has 1 aromatic heterocycles. The molecule has 0 spiro atoms. The van der Waals surface area contributed by atoms with E-state index in [4.69, 9.17) is 5.73 Å². The van der Waals surface area contributed by atoms with Gasteiger partial charge in [0, 0.05) is 5.38 Å². The van der Waals surface area contributed by atoms with E-state index < -0.39 is 0 Å². The molecule has 1 heterocycles. The summed E-state index contributed by atoms with van der Waals surface area (Å²) in [7, 11) is 0. The van der Waals surface area contributed by atoms with Gasteiger partial charge in [-0.05, 0) is 15.9 Å². The maximum absolute atomic E-state index is 5.25. The van der Waals surface area contributed by atoms with Gasteiger partial charge >= 0.3 is 0 Å². The molecule has 0 aliphatic rings. The minimum Gasteiger partial charge on any atom is -0.383 e. The minimum absolute atomic E-state index is 0.580. The molecule has 2 nitrogen and oxygen atoms in total. The molecule has 7 heavy (non-hydrogen) atoms. The third-order valence-electron chi connectivity index (χ3n) is 0.494. The van der Waals surface area contributed by atoms with Gasteiger partial charge < -0.3 is 5.73 Å². The van der Waals surface area contributed by atoms with Crippen LogP contribution in [0.1, 0.15) is 0 Å². The van der Waals surface area contributed by atoms with E-state index in [1.54, 1.807) is 5.38 Å². The van der Waals surface area contributed by atoms with Gasteiger partial charge in [-0.1, -0.05) is 0 Å². The Kier molecular flexibility index (Phi) is 1.30. The molecule has 0 aliphatic heterocycles. The predicted octanol–water partition coefficient (Wildman–Crippen LogP) is 1.49. The van der Waals surface area contributed by atoms with E-state index in [1.165, 1.54) is 11.3 Å². The van der Waals surface area contributed by atoms with Crippen molar-refractivity contribution in [2.75, 3.05) is 5.73 Å². The van der Waals surface area contributed by atoms with Gasteiger partial charge in [0.2, 0.25) is 0 Å². The highest BCUT2D eigenvalue weighted by molar-refractivity contribution is 9.11. The van der Waals surface area contributed by atoms with Crippen LogP contribution in [-0.2, 0) is 0 Å². The molecule has 0 amide bonds. The van der Waals surface area contributed by atoms with E-state index in [9.17, 15) is 0 Å². The van der Waals surface area contributed by atoms with Crippen molar-refractivity contribution in [3.05, 3.63) is 9.30 Å². The largest absolute Gasteiger partial charge is 0.383 e. The topological polar surface area (TPSA) is 38.9 Å². The number of anilines is 1. The number of nitrogens with two attached hydrogens (primary N) is 1. The molecule has 0 radical (unpaired) electrons. The molecule has 4 heteroatoms. The zero-order valence-corrected chi connectivity index (χ0v) is 5.79. The lowest BCUT2D eigenvalue weighted by atomic mass is 10.9. The van der Waals surface area contributed by atoms with Crippen LogP contribution in [0.3, 0.4) is 0 Å². The van der Waals surface area contributed by atoms with Crippen LogP contribution in [0.25, 0.3) is 0 Å².